The van der Waals surface area contributed by atoms with Crippen molar-refractivity contribution in [3.05, 3.63) is 11.1 Å². The van der Waals surface area contributed by atoms with Crippen LogP contribution in [-0.4, -0.2) is 29.2 Å². The minimum absolute atomic E-state index is 0.0356. The molecule has 102 valence electrons. The third-order valence-electron chi connectivity index (χ3n) is 5.52. The zero-order valence-corrected chi connectivity index (χ0v) is 11.6. The van der Waals surface area contributed by atoms with Gasteiger partial charge in [-0.1, -0.05) is 20.3 Å². The molecule has 0 aliphatic heterocycles. The normalized spacial score (nSPS) is 40.9. The van der Waals surface area contributed by atoms with Crippen molar-refractivity contribution in [2.24, 2.45) is 16.7 Å². The van der Waals surface area contributed by atoms with Gasteiger partial charge in [-0.3, -0.25) is 4.79 Å². The van der Waals surface area contributed by atoms with Crippen molar-refractivity contribution in [2.45, 2.75) is 46.5 Å². The Bertz CT molecular complexity index is 399. The molecular formula is C15H24O3. The van der Waals surface area contributed by atoms with E-state index in [4.69, 9.17) is 0 Å². The largest absolute Gasteiger partial charge is 0.396 e. The molecule has 3 heteroatoms. The number of ketones is 1. The predicted molar refractivity (Wildman–Crippen MR) is 70.1 cm³/mol. The van der Waals surface area contributed by atoms with E-state index in [1.165, 1.54) is 0 Å². The van der Waals surface area contributed by atoms with Gasteiger partial charge in [0.2, 0.25) is 0 Å². The summed E-state index contributed by atoms with van der Waals surface area (Å²) < 4.78 is 0. The Kier molecular flexibility index (Phi) is 3.41. The van der Waals surface area contributed by atoms with Crippen molar-refractivity contribution >= 4 is 5.78 Å². The summed E-state index contributed by atoms with van der Waals surface area (Å²) in [5, 5.41) is 19.4. The number of fused-ring (bicyclic) bond motifs is 1. The van der Waals surface area contributed by atoms with Gasteiger partial charge in [0.25, 0.3) is 0 Å². The third kappa shape index (κ3) is 1.76. The van der Waals surface area contributed by atoms with Gasteiger partial charge in [-0.15, -0.1) is 0 Å². The summed E-state index contributed by atoms with van der Waals surface area (Å²) in [6, 6.07) is 0. The fraction of sp³-hybridized carbons (Fsp3) is 0.800. The van der Waals surface area contributed by atoms with Crippen molar-refractivity contribution in [1.29, 1.82) is 0 Å². The van der Waals surface area contributed by atoms with Gasteiger partial charge in [-0.2, -0.15) is 0 Å². The van der Waals surface area contributed by atoms with Crippen LogP contribution in [0.1, 0.15) is 46.5 Å². The van der Waals surface area contributed by atoms with E-state index >= 15 is 0 Å². The van der Waals surface area contributed by atoms with Crippen LogP contribution in [0.2, 0.25) is 0 Å². The Morgan fingerprint density at radius 3 is 2.50 bits per heavy atom. The predicted octanol–water partition coefficient (Wildman–Crippen LogP) is 2.07. The lowest BCUT2D eigenvalue weighted by molar-refractivity contribution is -0.124. The van der Waals surface area contributed by atoms with Gasteiger partial charge in [0.15, 0.2) is 5.78 Å². The van der Waals surface area contributed by atoms with Crippen LogP contribution in [0.25, 0.3) is 0 Å². The maximum Gasteiger partial charge on any atom is 0.158 e. The van der Waals surface area contributed by atoms with Gasteiger partial charge in [0, 0.05) is 13.0 Å². The number of rotatable bonds is 2. The molecule has 2 aliphatic rings. The van der Waals surface area contributed by atoms with Gasteiger partial charge in [0.1, 0.15) is 0 Å². The number of carbonyl (C=O) groups excluding carboxylic acids is 1. The Labute approximate surface area is 109 Å². The molecule has 2 N–H and O–H groups in total. The highest BCUT2D eigenvalue weighted by Gasteiger charge is 2.53. The van der Waals surface area contributed by atoms with Crippen molar-refractivity contribution in [3.63, 3.8) is 0 Å². The summed E-state index contributed by atoms with van der Waals surface area (Å²) in [7, 11) is 0. The van der Waals surface area contributed by atoms with Crippen LogP contribution in [0, 0.1) is 16.7 Å². The summed E-state index contributed by atoms with van der Waals surface area (Å²) in [6.45, 7) is 6.16. The minimum atomic E-state index is -0.191. The Balaban J connectivity index is 2.52. The SMILES string of the molecule is CC1=C(CO)[C@@]2(C)CCC[C@@](C)(CO)[C@@H]2CC1=O. The first-order chi connectivity index (χ1) is 8.39. The van der Waals surface area contributed by atoms with E-state index in [1.54, 1.807) is 0 Å². The number of hydrogen-bond donors (Lipinski definition) is 2. The summed E-state index contributed by atoms with van der Waals surface area (Å²) in [5.41, 5.74) is 1.34. The molecule has 0 radical (unpaired) electrons. The molecule has 1 fully saturated rings. The van der Waals surface area contributed by atoms with Gasteiger partial charge >= 0.3 is 0 Å². The lowest BCUT2D eigenvalue weighted by atomic mass is 9.50. The number of Topliss-reactive ketones (excluding diaryl/α,β-unsaturated/α-hetero) is 1. The number of aliphatic hydroxyl groups is 2. The van der Waals surface area contributed by atoms with E-state index in [0.717, 1.165) is 30.4 Å². The molecule has 0 aromatic heterocycles. The maximum atomic E-state index is 12.1. The highest BCUT2D eigenvalue weighted by molar-refractivity contribution is 5.97. The van der Waals surface area contributed by atoms with Crippen molar-refractivity contribution in [2.75, 3.05) is 13.2 Å². The fourth-order valence-corrected chi connectivity index (χ4v) is 4.23. The van der Waals surface area contributed by atoms with Crippen molar-refractivity contribution in [1.82, 2.24) is 0 Å². The molecule has 3 atom stereocenters. The second-order valence-electron chi connectivity index (χ2n) is 6.52. The van der Waals surface area contributed by atoms with Gasteiger partial charge in [-0.25, -0.2) is 0 Å². The Hall–Kier alpha value is -0.670. The summed E-state index contributed by atoms with van der Waals surface area (Å²) >= 11 is 0. The van der Waals surface area contributed by atoms with Gasteiger partial charge < -0.3 is 10.2 Å². The molecule has 0 aromatic rings. The van der Waals surface area contributed by atoms with E-state index in [-0.39, 0.29) is 35.7 Å². The minimum Gasteiger partial charge on any atom is -0.396 e. The second kappa shape index (κ2) is 4.46. The molecule has 0 saturated heterocycles. The highest BCUT2D eigenvalue weighted by Crippen LogP contribution is 2.58. The molecule has 0 bridgehead atoms. The van der Waals surface area contributed by atoms with E-state index in [2.05, 4.69) is 13.8 Å². The maximum absolute atomic E-state index is 12.1. The molecule has 0 heterocycles. The molecule has 0 unspecified atom stereocenters. The Morgan fingerprint density at radius 1 is 1.28 bits per heavy atom. The summed E-state index contributed by atoms with van der Waals surface area (Å²) in [4.78, 5) is 12.1. The average molecular weight is 252 g/mol. The first kappa shape index (κ1) is 13.8. The molecule has 2 rings (SSSR count). The molecule has 2 aliphatic carbocycles. The molecule has 0 spiro atoms. The van der Waals surface area contributed by atoms with Gasteiger partial charge in [0.05, 0.1) is 6.61 Å². The molecule has 18 heavy (non-hydrogen) atoms. The monoisotopic (exact) mass is 252 g/mol. The van der Waals surface area contributed by atoms with Crippen LogP contribution in [-0.2, 0) is 4.79 Å². The molecule has 1 saturated carbocycles. The van der Waals surface area contributed by atoms with E-state index in [1.807, 2.05) is 6.92 Å². The molecular weight excluding hydrogens is 228 g/mol. The fourth-order valence-electron chi connectivity index (χ4n) is 4.23. The van der Waals surface area contributed by atoms with Crippen LogP contribution in [0.5, 0.6) is 0 Å². The Morgan fingerprint density at radius 2 is 1.94 bits per heavy atom. The molecule has 0 aromatic carbocycles. The average Bonchev–Trinajstić information content (AvgIpc) is 2.33. The number of hydrogen-bond acceptors (Lipinski definition) is 3. The van der Waals surface area contributed by atoms with Gasteiger partial charge in [-0.05, 0) is 47.7 Å². The highest BCUT2D eigenvalue weighted by atomic mass is 16.3. The van der Waals surface area contributed by atoms with E-state index < -0.39 is 0 Å². The summed E-state index contributed by atoms with van der Waals surface area (Å²) in [6.07, 6.45) is 3.54. The number of aliphatic hydroxyl groups excluding tert-OH is 2. The van der Waals surface area contributed by atoms with Crippen LogP contribution in [0.15, 0.2) is 11.1 Å². The third-order valence-corrected chi connectivity index (χ3v) is 5.52. The molecule has 0 amide bonds. The number of allylic oxidation sites excluding steroid dienone is 1. The second-order valence-corrected chi connectivity index (χ2v) is 6.52. The van der Waals surface area contributed by atoms with E-state index in [0.29, 0.717) is 6.42 Å². The first-order valence-corrected chi connectivity index (χ1v) is 6.84. The van der Waals surface area contributed by atoms with E-state index in [9.17, 15) is 15.0 Å². The summed E-state index contributed by atoms with van der Waals surface area (Å²) in [5.74, 6) is 0.296. The van der Waals surface area contributed by atoms with Crippen molar-refractivity contribution in [3.8, 4) is 0 Å². The van der Waals surface area contributed by atoms with Crippen LogP contribution in [0.3, 0.4) is 0 Å². The number of carbonyl (C=O) groups is 1. The smallest absolute Gasteiger partial charge is 0.158 e. The van der Waals surface area contributed by atoms with Crippen molar-refractivity contribution < 1.29 is 15.0 Å². The van der Waals surface area contributed by atoms with Crippen LogP contribution in [0.4, 0.5) is 0 Å². The zero-order chi connectivity index (χ0) is 13.6. The van der Waals surface area contributed by atoms with Crippen LogP contribution >= 0.6 is 0 Å². The lowest BCUT2D eigenvalue weighted by Crippen LogP contribution is -2.50. The molecule has 3 nitrogen and oxygen atoms in total. The lowest BCUT2D eigenvalue weighted by Gasteiger charge is -2.54. The first-order valence-electron chi connectivity index (χ1n) is 6.84. The zero-order valence-electron chi connectivity index (χ0n) is 11.6. The van der Waals surface area contributed by atoms with Crippen LogP contribution < -0.4 is 0 Å². The standard InChI is InChI=1S/C15H24O3/c1-10-11(8-16)15(3)6-4-5-14(2,9-17)13(15)7-12(10)18/h13,16-17H,4-9H2,1-3H3/t13-,14-,15+/m0/s1. The quantitative estimate of drug-likeness (QED) is 0.791. The topological polar surface area (TPSA) is 57.5 Å².